The number of halogens is 1. The van der Waals surface area contributed by atoms with Crippen molar-refractivity contribution in [1.82, 2.24) is 4.90 Å². The van der Waals surface area contributed by atoms with Crippen LogP contribution in [0.3, 0.4) is 0 Å². The van der Waals surface area contributed by atoms with Crippen molar-refractivity contribution >= 4 is 33.2 Å². The van der Waals surface area contributed by atoms with E-state index < -0.39 is 10.0 Å². The van der Waals surface area contributed by atoms with Gasteiger partial charge in [0, 0.05) is 24.2 Å². The molecule has 1 aliphatic heterocycles. The summed E-state index contributed by atoms with van der Waals surface area (Å²) in [4.78, 5) is 14.5. The second-order valence-corrected chi connectivity index (χ2v) is 9.23. The molecule has 10 heteroatoms. The van der Waals surface area contributed by atoms with E-state index in [4.69, 9.17) is 25.8 Å². The summed E-state index contributed by atoms with van der Waals surface area (Å²) in [6.45, 7) is 0.832. The highest BCUT2D eigenvalue weighted by molar-refractivity contribution is 7.92. The van der Waals surface area contributed by atoms with Crippen molar-refractivity contribution in [1.29, 1.82) is 0 Å². The highest BCUT2D eigenvalue weighted by atomic mass is 35.5. The molecule has 1 saturated heterocycles. The molecule has 0 aromatic heterocycles. The van der Waals surface area contributed by atoms with Crippen LogP contribution in [0.1, 0.15) is 12.8 Å². The number of carbonyl (C=O) groups excluding carboxylic acids is 1. The van der Waals surface area contributed by atoms with Gasteiger partial charge in [-0.05, 0) is 43.2 Å². The van der Waals surface area contributed by atoms with Crippen molar-refractivity contribution in [3.8, 4) is 17.2 Å². The zero-order chi connectivity index (χ0) is 22.6. The Labute approximate surface area is 187 Å². The molecule has 0 atom stereocenters. The van der Waals surface area contributed by atoms with Gasteiger partial charge < -0.3 is 19.1 Å². The topological polar surface area (TPSA) is 85.4 Å². The first-order valence-electron chi connectivity index (χ1n) is 9.68. The Bertz CT molecular complexity index is 1050. The quantitative estimate of drug-likeness (QED) is 0.591. The number of benzene rings is 2. The fraction of sp³-hybridized carbons (Fsp3) is 0.381. The third-order valence-corrected chi connectivity index (χ3v) is 7.08. The van der Waals surface area contributed by atoms with Gasteiger partial charge in [-0.15, -0.1) is 0 Å². The minimum Gasteiger partial charge on any atom is -0.495 e. The molecular weight excluding hydrogens is 444 g/mol. The predicted molar refractivity (Wildman–Crippen MR) is 118 cm³/mol. The molecule has 3 rings (SSSR count). The molecule has 0 unspecified atom stereocenters. The average molecular weight is 469 g/mol. The van der Waals surface area contributed by atoms with Crippen molar-refractivity contribution in [2.75, 3.05) is 45.3 Å². The van der Waals surface area contributed by atoms with Gasteiger partial charge in [0.1, 0.15) is 12.3 Å². The normalized spacial score (nSPS) is 13.7. The lowest BCUT2D eigenvalue weighted by atomic mass is 10.3. The van der Waals surface area contributed by atoms with E-state index in [2.05, 4.69) is 0 Å². The number of amides is 1. The molecule has 31 heavy (non-hydrogen) atoms. The lowest BCUT2D eigenvalue weighted by molar-refractivity contribution is -0.128. The molecule has 1 heterocycles. The van der Waals surface area contributed by atoms with Crippen LogP contribution in [0.15, 0.2) is 41.3 Å². The van der Waals surface area contributed by atoms with Crippen molar-refractivity contribution in [2.24, 2.45) is 0 Å². The van der Waals surface area contributed by atoms with Crippen LogP contribution in [0.2, 0.25) is 5.02 Å². The van der Waals surface area contributed by atoms with Crippen LogP contribution in [-0.2, 0) is 14.8 Å². The zero-order valence-electron chi connectivity index (χ0n) is 17.6. The smallest absolute Gasteiger partial charge is 0.265 e. The Morgan fingerprint density at radius 2 is 1.58 bits per heavy atom. The molecule has 0 bridgehead atoms. The van der Waals surface area contributed by atoms with Crippen LogP contribution in [-0.4, -0.2) is 60.2 Å². The summed E-state index contributed by atoms with van der Waals surface area (Å²) in [5.74, 6) is 0.639. The molecule has 8 nitrogen and oxygen atoms in total. The SMILES string of the molecule is COc1ccc(S(=O)(=O)N(CC(=O)N2CCCC2)c2cc(Cl)ccc2OC)cc1OC. The van der Waals surface area contributed by atoms with Crippen LogP contribution in [0, 0.1) is 0 Å². The molecule has 0 saturated carbocycles. The van der Waals surface area contributed by atoms with Gasteiger partial charge in [-0.1, -0.05) is 11.6 Å². The van der Waals surface area contributed by atoms with Crippen LogP contribution in [0.5, 0.6) is 17.2 Å². The highest BCUT2D eigenvalue weighted by Gasteiger charge is 2.32. The van der Waals surface area contributed by atoms with Crippen molar-refractivity contribution in [3.63, 3.8) is 0 Å². The maximum atomic E-state index is 13.7. The fourth-order valence-electron chi connectivity index (χ4n) is 3.45. The van der Waals surface area contributed by atoms with E-state index in [1.807, 2.05) is 0 Å². The van der Waals surface area contributed by atoms with E-state index in [1.54, 1.807) is 17.0 Å². The van der Waals surface area contributed by atoms with Gasteiger partial charge in [0.2, 0.25) is 5.91 Å². The molecule has 1 amide bonds. The molecule has 0 spiro atoms. The van der Waals surface area contributed by atoms with Gasteiger partial charge >= 0.3 is 0 Å². The van der Waals surface area contributed by atoms with E-state index in [0.717, 1.165) is 17.1 Å². The lowest BCUT2D eigenvalue weighted by Gasteiger charge is -2.28. The molecule has 1 aliphatic rings. The number of sulfonamides is 1. The van der Waals surface area contributed by atoms with E-state index in [-0.39, 0.29) is 34.5 Å². The van der Waals surface area contributed by atoms with Gasteiger partial charge in [-0.25, -0.2) is 8.42 Å². The zero-order valence-corrected chi connectivity index (χ0v) is 19.2. The molecule has 0 radical (unpaired) electrons. The molecule has 0 aliphatic carbocycles. The Morgan fingerprint density at radius 1 is 0.968 bits per heavy atom. The van der Waals surface area contributed by atoms with Gasteiger partial charge in [-0.2, -0.15) is 0 Å². The number of anilines is 1. The molecule has 168 valence electrons. The molecule has 2 aromatic rings. The van der Waals surface area contributed by atoms with Crippen molar-refractivity contribution < 1.29 is 27.4 Å². The Kier molecular flexibility index (Phi) is 7.17. The summed E-state index contributed by atoms with van der Waals surface area (Å²) in [6, 6.07) is 8.89. The maximum Gasteiger partial charge on any atom is 0.265 e. The summed E-state index contributed by atoms with van der Waals surface area (Å²) in [5.41, 5.74) is 0.178. The predicted octanol–water partition coefficient (Wildman–Crippen LogP) is 3.18. The third kappa shape index (κ3) is 4.83. The van der Waals surface area contributed by atoms with Gasteiger partial charge in [0.15, 0.2) is 11.5 Å². The van der Waals surface area contributed by atoms with Gasteiger partial charge in [0.05, 0.1) is 31.9 Å². The van der Waals surface area contributed by atoms with E-state index in [0.29, 0.717) is 23.9 Å². The number of likely N-dealkylation sites (tertiary alicyclic amines) is 1. The van der Waals surface area contributed by atoms with E-state index >= 15 is 0 Å². The monoisotopic (exact) mass is 468 g/mol. The Hall–Kier alpha value is -2.65. The van der Waals surface area contributed by atoms with Crippen LogP contribution < -0.4 is 18.5 Å². The number of carbonyl (C=O) groups is 1. The summed E-state index contributed by atoms with van der Waals surface area (Å²) in [6.07, 6.45) is 1.79. The fourth-order valence-corrected chi connectivity index (χ4v) is 5.05. The minimum atomic E-state index is -4.17. The third-order valence-electron chi connectivity index (χ3n) is 5.09. The molecule has 0 N–H and O–H groups in total. The van der Waals surface area contributed by atoms with Crippen LogP contribution in [0.4, 0.5) is 5.69 Å². The van der Waals surface area contributed by atoms with Crippen molar-refractivity contribution in [2.45, 2.75) is 17.7 Å². The number of rotatable bonds is 8. The summed E-state index contributed by atoms with van der Waals surface area (Å²) in [5, 5.41) is 0.317. The number of hydrogen-bond donors (Lipinski definition) is 0. The highest BCUT2D eigenvalue weighted by Crippen LogP contribution is 2.37. The first-order chi connectivity index (χ1) is 14.8. The average Bonchev–Trinajstić information content (AvgIpc) is 3.31. The Morgan fingerprint density at radius 3 is 2.19 bits per heavy atom. The molecule has 1 fully saturated rings. The van der Waals surface area contributed by atoms with E-state index in [1.165, 1.54) is 45.6 Å². The Balaban J connectivity index is 2.11. The number of hydrogen-bond acceptors (Lipinski definition) is 6. The van der Waals surface area contributed by atoms with Crippen LogP contribution in [0.25, 0.3) is 0 Å². The second-order valence-electron chi connectivity index (χ2n) is 6.93. The van der Waals surface area contributed by atoms with E-state index in [9.17, 15) is 13.2 Å². The first kappa shape index (κ1) is 23.0. The molecule has 2 aromatic carbocycles. The van der Waals surface area contributed by atoms with Crippen molar-refractivity contribution in [3.05, 3.63) is 41.4 Å². The number of methoxy groups -OCH3 is 3. The van der Waals surface area contributed by atoms with Crippen LogP contribution >= 0.6 is 11.6 Å². The first-order valence-corrected chi connectivity index (χ1v) is 11.5. The van der Waals surface area contributed by atoms with Gasteiger partial charge in [-0.3, -0.25) is 9.10 Å². The summed E-state index contributed by atoms with van der Waals surface area (Å²) < 4.78 is 44.2. The van der Waals surface area contributed by atoms with Gasteiger partial charge in [0.25, 0.3) is 10.0 Å². The standard InChI is InChI=1S/C21H25ClN2O6S/c1-28-18-8-6-15(22)12-17(18)24(14-21(25)23-10-4-5-11-23)31(26,27)16-7-9-19(29-2)20(13-16)30-3/h6-9,12-13H,4-5,10-11,14H2,1-3H3. The summed E-state index contributed by atoms with van der Waals surface area (Å²) in [7, 11) is 0.135. The largest absolute Gasteiger partial charge is 0.495 e. The lowest BCUT2D eigenvalue weighted by Crippen LogP contribution is -2.42. The second kappa shape index (κ2) is 9.65. The number of ether oxygens (including phenoxy) is 3. The summed E-state index contributed by atoms with van der Waals surface area (Å²) >= 11 is 6.16. The minimum absolute atomic E-state index is 0.0543. The number of nitrogens with zero attached hydrogens (tertiary/aromatic N) is 2. The maximum absolute atomic E-state index is 13.7. The molecular formula is C21H25ClN2O6S.